The fraction of sp³-hybridized carbons (Fsp3) is 0.250. The lowest BCUT2D eigenvalue weighted by atomic mass is 10.2. The van der Waals surface area contributed by atoms with Crippen LogP contribution in [0.25, 0.3) is 0 Å². The van der Waals surface area contributed by atoms with Gasteiger partial charge in [0.1, 0.15) is 0 Å². The first-order valence-corrected chi connectivity index (χ1v) is 13.0. The van der Waals surface area contributed by atoms with E-state index >= 15 is 0 Å². The molecule has 3 aromatic rings. The van der Waals surface area contributed by atoms with Gasteiger partial charge < -0.3 is 0 Å². The van der Waals surface area contributed by atoms with Crippen molar-refractivity contribution in [1.82, 2.24) is 10.2 Å². The molecule has 0 saturated heterocycles. The van der Waals surface area contributed by atoms with Gasteiger partial charge >= 0.3 is 0 Å². The Morgan fingerprint density at radius 1 is 1.16 bits per heavy atom. The Morgan fingerprint density at radius 3 is 2.52 bits per heavy atom. The average Bonchev–Trinajstić information content (AvgIpc) is 3.13. The zero-order valence-corrected chi connectivity index (χ0v) is 20.3. The van der Waals surface area contributed by atoms with Crippen molar-refractivity contribution in [2.45, 2.75) is 30.0 Å². The summed E-state index contributed by atoms with van der Waals surface area (Å²) in [6.07, 6.45) is 0. The molecule has 3 rings (SSSR count). The molecule has 164 valence electrons. The number of hydrogen-bond acceptors (Lipinski definition) is 7. The first-order valence-electron chi connectivity index (χ1n) is 9.31. The number of hydrogen-bond donors (Lipinski definition) is 2. The second kappa shape index (κ2) is 9.99. The maximum absolute atomic E-state index is 12.6. The van der Waals surface area contributed by atoms with Gasteiger partial charge in [0.25, 0.3) is 15.9 Å². The predicted molar refractivity (Wildman–Crippen MR) is 127 cm³/mol. The van der Waals surface area contributed by atoms with E-state index in [0.29, 0.717) is 11.0 Å². The van der Waals surface area contributed by atoms with E-state index < -0.39 is 15.9 Å². The summed E-state index contributed by atoms with van der Waals surface area (Å²) < 4.78 is 28.3. The second-order valence-corrected chi connectivity index (χ2v) is 11.5. The largest absolute Gasteiger partial charge is 0.296 e. The lowest BCUT2D eigenvalue weighted by molar-refractivity contribution is 0.102. The molecule has 2 N–H and O–H groups in total. The molecule has 2 aromatic carbocycles. The topological polar surface area (TPSA) is 101 Å². The molecule has 7 nitrogen and oxygen atoms in total. The van der Waals surface area contributed by atoms with E-state index in [1.807, 2.05) is 6.92 Å². The number of nitrogens with one attached hydrogen (secondary N) is 2. The average molecular weight is 497 g/mol. The first kappa shape index (κ1) is 23.5. The molecular weight excluding hydrogens is 476 g/mol. The Balaban J connectivity index is 1.69. The third-order valence-electron chi connectivity index (χ3n) is 3.96. The molecule has 1 heterocycles. The lowest BCUT2D eigenvalue weighted by Crippen LogP contribution is -2.14. The third-order valence-corrected chi connectivity index (χ3v) is 8.07. The van der Waals surface area contributed by atoms with Crippen LogP contribution in [-0.2, 0) is 10.0 Å². The number of thioether (sulfide) groups is 1. The first-order chi connectivity index (χ1) is 14.6. The van der Waals surface area contributed by atoms with Crippen molar-refractivity contribution in [3.8, 4) is 0 Å². The van der Waals surface area contributed by atoms with Crippen LogP contribution in [0.15, 0.2) is 51.7 Å². The third kappa shape index (κ3) is 6.42. The summed E-state index contributed by atoms with van der Waals surface area (Å²) in [5.74, 6) is 0.983. The van der Waals surface area contributed by atoms with E-state index in [9.17, 15) is 13.2 Å². The number of carbonyl (C=O) groups excluding carboxylic acids is 1. The Bertz CT molecular complexity index is 1180. The van der Waals surface area contributed by atoms with E-state index in [1.165, 1.54) is 41.7 Å². The maximum atomic E-state index is 12.6. The van der Waals surface area contributed by atoms with Gasteiger partial charge in [0.15, 0.2) is 4.34 Å². The Morgan fingerprint density at radius 2 is 1.87 bits per heavy atom. The van der Waals surface area contributed by atoms with Crippen LogP contribution in [-0.4, -0.2) is 30.3 Å². The Kier molecular flexibility index (Phi) is 7.58. The smallest absolute Gasteiger partial charge is 0.261 e. The number of carbonyl (C=O) groups is 1. The zero-order valence-electron chi connectivity index (χ0n) is 17.0. The molecule has 1 aromatic heterocycles. The summed E-state index contributed by atoms with van der Waals surface area (Å²) in [6, 6.07) is 10.8. The zero-order chi connectivity index (χ0) is 22.6. The van der Waals surface area contributed by atoms with Gasteiger partial charge in [-0.15, -0.1) is 10.2 Å². The van der Waals surface area contributed by atoms with Crippen molar-refractivity contribution < 1.29 is 13.2 Å². The molecular formula is C20H21ClN4O3S3. The SMILES string of the molecule is Cc1ccc(S(=O)(=O)Nc2ccc(C(=O)Nc3nnc(SCC(C)C)s3)c(Cl)c2)cc1. The van der Waals surface area contributed by atoms with Crippen molar-refractivity contribution in [2.75, 3.05) is 15.8 Å². The summed E-state index contributed by atoms with van der Waals surface area (Å²) in [4.78, 5) is 12.7. The van der Waals surface area contributed by atoms with E-state index in [4.69, 9.17) is 11.6 Å². The summed E-state index contributed by atoms with van der Waals surface area (Å²) in [5, 5.41) is 11.2. The van der Waals surface area contributed by atoms with Crippen molar-refractivity contribution in [1.29, 1.82) is 0 Å². The number of halogens is 1. The number of benzene rings is 2. The molecule has 0 spiro atoms. The van der Waals surface area contributed by atoms with Gasteiger partial charge in [-0.2, -0.15) is 0 Å². The van der Waals surface area contributed by atoms with E-state index in [2.05, 4.69) is 34.1 Å². The van der Waals surface area contributed by atoms with Crippen LogP contribution >= 0.6 is 34.7 Å². The predicted octanol–water partition coefficient (Wildman–Crippen LogP) is 5.30. The summed E-state index contributed by atoms with van der Waals surface area (Å²) >= 11 is 9.11. The molecule has 0 aliphatic rings. The molecule has 0 aliphatic heterocycles. The van der Waals surface area contributed by atoms with Gasteiger partial charge in [-0.05, 0) is 43.2 Å². The van der Waals surface area contributed by atoms with Crippen molar-refractivity contribution in [2.24, 2.45) is 5.92 Å². The molecule has 0 radical (unpaired) electrons. The molecule has 0 fully saturated rings. The van der Waals surface area contributed by atoms with Crippen LogP contribution < -0.4 is 10.0 Å². The highest BCUT2D eigenvalue weighted by Crippen LogP contribution is 2.28. The van der Waals surface area contributed by atoms with Gasteiger partial charge in [0.2, 0.25) is 5.13 Å². The number of aryl methyl sites for hydroxylation is 1. The van der Waals surface area contributed by atoms with Crippen LogP contribution in [0.5, 0.6) is 0 Å². The van der Waals surface area contributed by atoms with Crippen molar-refractivity contribution in [3.05, 3.63) is 58.6 Å². The summed E-state index contributed by atoms with van der Waals surface area (Å²) in [6.45, 7) is 6.10. The van der Waals surface area contributed by atoms with E-state index in [-0.39, 0.29) is 21.2 Å². The minimum atomic E-state index is -3.77. The molecule has 0 atom stereocenters. The molecule has 1 amide bonds. The highest BCUT2D eigenvalue weighted by molar-refractivity contribution is 8.01. The molecule has 0 aliphatic carbocycles. The summed E-state index contributed by atoms with van der Waals surface area (Å²) in [5.41, 5.74) is 1.41. The van der Waals surface area contributed by atoms with Gasteiger partial charge in [0.05, 0.1) is 21.2 Å². The minimum absolute atomic E-state index is 0.112. The maximum Gasteiger partial charge on any atom is 0.261 e. The molecule has 0 bridgehead atoms. The number of aromatic nitrogens is 2. The van der Waals surface area contributed by atoms with Gasteiger partial charge in [-0.25, -0.2) is 8.42 Å². The standard InChI is InChI=1S/C20H21ClN4O3S3/c1-12(2)11-29-20-24-23-19(30-20)22-18(26)16-9-6-14(10-17(16)21)25-31(27,28)15-7-4-13(3)5-8-15/h4-10,12,25H,11H2,1-3H3,(H,22,23,26). The van der Waals surface area contributed by atoms with E-state index in [1.54, 1.807) is 23.9 Å². The van der Waals surface area contributed by atoms with Crippen LogP contribution in [0.2, 0.25) is 5.02 Å². The Labute approximate surface area is 194 Å². The normalized spacial score (nSPS) is 11.5. The highest BCUT2D eigenvalue weighted by atomic mass is 35.5. The molecule has 0 saturated carbocycles. The van der Waals surface area contributed by atoms with Gasteiger partial charge in [0, 0.05) is 5.75 Å². The number of sulfonamides is 1. The number of nitrogens with zero attached hydrogens (tertiary/aromatic N) is 2. The Hall–Kier alpha value is -2.14. The van der Waals surface area contributed by atoms with Crippen LogP contribution in [0.1, 0.15) is 29.8 Å². The second-order valence-electron chi connectivity index (χ2n) is 7.15. The van der Waals surface area contributed by atoms with Crippen molar-refractivity contribution in [3.63, 3.8) is 0 Å². The molecule has 11 heteroatoms. The molecule has 0 unspecified atom stereocenters. The van der Waals surface area contributed by atoms with Crippen LogP contribution in [0.3, 0.4) is 0 Å². The number of amides is 1. The fourth-order valence-corrected chi connectivity index (χ4v) is 5.45. The monoisotopic (exact) mass is 496 g/mol. The summed E-state index contributed by atoms with van der Waals surface area (Å²) in [7, 11) is -3.77. The number of rotatable bonds is 8. The molecule has 31 heavy (non-hydrogen) atoms. The van der Waals surface area contributed by atoms with Gasteiger partial charge in [-0.1, -0.05) is 66.2 Å². The van der Waals surface area contributed by atoms with Crippen molar-refractivity contribution >= 4 is 61.4 Å². The number of anilines is 2. The van der Waals surface area contributed by atoms with Crippen LogP contribution in [0, 0.1) is 12.8 Å². The van der Waals surface area contributed by atoms with Crippen LogP contribution in [0.4, 0.5) is 10.8 Å². The van der Waals surface area contributed by atoms with Gasteiger partial charge in [-0.3, -0.25) is 14.8 Å². The quantitative estimate of drug-likeness (QED) is 0.324. The lowest BCUT2D eigenvalue weighted by Gasteiger charge is -2.10. The highest BCUT2D eigenvalue weighted by Gasteiger charge is 2.17. The fourth-order valence-electron chi connectivity index (χ4n) is 2.42. The minimum Gasteiger partial charge on any atom is -0.296 e. The van der Waals surface area contributed by atoms with E-state index in [0.717, 1.165) is 15.7 Å².